The molecular formula is C10H5Cl7O. The molecule has 0 radical (unpaired) electrons. The Labute approximate surface area is 139 Å². The first-order valence-electron chi connectivity index (χ1n) is 5.32. The highest BCUT2D eigenvalue weighted by Crippen LogP contribution is 2.81. The summed E-state index contributed by atoms with van der Waals surface area (Å²) >= 11 is 45.0. The second-order valence-electron chi connectivity index (χ2n) is 5.19. The second kappa shape index (κ2) is 3.38. The van der Waals surface area contributed by atoms with Gasteiger partial charge in [-0.1, -0.05) is 46.4 Å². The molecule has 0 spiro atoms. The lowest BCUT2D eigenvalue weighted by Gasteiger charge is -2.35. The van der Waals surface area contributed by atoms with Crippen molar-refractivity contribution in [3.63, 3.8) is 0 Å². The van der Waals surface area contributed by atoms with Gasteiger partial charge in [-0.05, 0) is 0 Å². The van der Waals surface area contributed by atoms with E-state index in [0.29, 0.717) is 0 Å². The second-order valence-corrected chi connectivity index (χ2v) is 8.97. The van der Waals surface area contributed by atoms with Gasteiger partial charge in [-0.2, -0.15) is 0 Å². The Morgan fingerprint density at radius 3 is 1.89 bits per heavy atom. The SMILES string of the molecule is ClC1=C(Cl)[C@]2(Cl)[C@@H]3[C@@H]4O[C@@H]4C(Cl)[C@@H]3[C@@]1(Cl)C2(Cl)Cl. The van der Waals surface area contributed by atoms with E-state index in [1.165, 1.54) is 0 Å². The molecule has 3 aliphatic carbocycles. The Bertz CT molecular complexity index is 476. The van der Waals surface area contributed by atoms with Crippen LogP contribution >= 0.6 is 81.2 Å². The first-order valence-corrected chi connectivity index (χ1v) is 8.02. The van der Waals surface area contributed by atoms with Crippen molar-refractivity contribution in [2.24, 2.45) is 11.8 Å². The summed E-state index contributed by atoms with van der Waals surface area (Å²) < 4.78 is 4.00. The summed E-state index contributed by atoms with van der Waals surface area (Å²) in [7, 11) is 0. The number of alkyl halides is 5. The predicted molar refractivity (Wildman–Crippen MR) is 75.6 cm³/mol. The van der Waals surface area contributed by atoms with Gasteiger partial charge in [0.05, 0.1) is 21.5 Å². The van der Waals surface area contributed by atoms with Crippen LogP contribution in [0.2, 0.25) is 0 Å². The van der Waals surface area contributed by atoms with Gasteiger partial charge < -0.3 is 4.74 Å². The van der Waals surface area contributed by atoms with Gasteiger partial charge in [0.25, 0.3) is 0 Å². The van der Waals surface area contributed by atoms with Crippen LogP contribution in [0.3, 0.4) is 0 Å². The van der Waals surface area contributed by atoms with Crippen LogP contribution in [0.15, 0.2) is 10.1 Å². The maximum absolute atomic E-state index is 6.65. The molecule has 1 aliphatic heterocycles. The fourth-order valence-electron chi connectivity index (χ4n) is 3.80. The summed E-state index contributed by atoms with van der Waals surface area (Å²) in [4.78, 5) is -2.48. The third kappa shape index (κ3) is 1.02. The monoisotopic (exact) mass is 386 g/mol. The van der Waals surface area contributed by atoms with Crippen molar-refractivity contribution in [1.29, 1.82) is 0 Å². The molecule has 4 rings (SSSR count). The number of hydrogen-bond donors (Lipinski definition) is 0. The van der Waals surface area contributed by atoms with Crippen molar-refractivity contribution in [3.05, 3.63) is 10.1 Å². The van der Waals surface area contributed by atoms with E-state index >= 15 is 0 Å². The normalized spacial score (nSPS) is 63.2. The standard InChI is InChI=1S/C10H5Cl7O/c11-3-1-2(4-5(3)18-4)9(15)7(13)6(12)8(1,14)10(9,16)17/h1-5H/t1-,2+,3?,4+,5-,8+,9-/m1/s1. The van der Waals surface area contributed by atoms with Crippen LogP contribution < -0.4 is 0 Å². The molecule has 1 saturated heterocycles. The first kappa shape index (κ1) is 13.4. The fourth-order valence-corrected chi connectivity index (χ4v) is 7.49. The van der Waals surface area contributed by atoms with Crippen LogP contribution in [-0.4, -0.2) is 31.7 Å². The third-order valence-electron chi connectivity index (χ3n) is 4.62. The van der Waals surface area contributed by atoms with Crippen LogP contribution in [0.5, 0.6) is 0 Å². The van der Waals surface area contributed by atoms with E-state index in [2.05, 4.69) is 0 Å². The molecule has 7 atom stereocenters. The van der Waals surface area contributed by atoms with Crippen molar-refractivity contribution in [3.8, 4) is 0 Å². The number of fused-ring (bicyclic) bond motifs is 7. The van der Waals surface area contributed by atoms with Crippen molar-refractivity contribution in [2.75, 3.05) is 0 Å². The lowest BCUT2D eigenvalue weighted by molar-refractivity contribution is 0.204. The van der Waals surface area contributed by atoms with Gasteiger partial charge in [-0.15, -0.1) is 34.8 Å². The van der Waals surface area contributed by atoms with Crippen LogP contribution in [0, 0.1) is 11.8 Å². The smallest absolute Gasteiger partial charge is 0.166 e. The van der Waals surface area contributed by atoms with Gasteiger partial charge in [0.15, 0.2) is 4.33 Å². The van der Waals surface area contributed by atoms with Crippen LogP contribution in [0.4, 0.5) is 0 Å². The molecule has 3 fully saturated rings. The zero-order valence-electron chi connectivity index (χ0n) is 8.44. The molecule has 0 aromatic rings. The van der Waals surface area contributed by atoms with Gasteiger partial charge in [-0.25, -0.2) is 0 Å². The minimum absolute atomic E-state index is 0.0608. The quantitative estimate of drug-likeness (QED) is 0.441. The van der Waals surface area contributed by atoms with Gasteiger partial charge in [-0.3, -0.25) is 0 Å². The lowest BCUT2D eigenvalue weighted by Crippen LogP contribution is -2.46. The Kier molecular flexibility index (Phi) is 2.52. The third-order valence-corrected chi connectivity index (χ3v) is 9.44. The summed E-state index contributed by atoms with van der Waals surface area (Å²) in [6, 6.07) is 0. The highest BCUT2D eigenvalue weighted by atomic mass is 35.5. The van der Waals surface area contributed by atoms with Crippen LogP contribution in [0.1, 0.15) is 0 Å². The first-order chi connectivity index (χ1) is 8.20. The topological polar surface area (TPSA) is 12.5 Å². The maximum atomic E-state index is 6.65. The van der Waals surface area contributed by atoms with Crippen molar-refractivity contribution >= 4 is 81.2 Å². The van der Waals surface area contributed by atoms with E-state index in [9.17, 15) is 0 Å². The van der Waals surface area contributed by atoms with Crippen molar-refractivity contribution in [1.82, 2.24) is 0 Å². The summed E-state index contributed by atoms with van der Waals surface area (Å²) in [6.07, 6.45) is -0.152. The molecule has 18 heavy (non-hydrogen) atoms. The molecule has 0 N–H and O–H groups in total. The molecule has 0 amide bonds. The van der Waals surface area contributed by atoms with Gasteiger partial charge in [0.1, 0.15) is 15.9 Å². The molecular weight excluding hydrogens is 384 g/mol. The highest BCUT2D eigenvalue weighted by Gasteiger charge is 2.89. The zero-order valence-corrected chi connectivity index (χ0v) is 13.7. The lowest BCUT2D eigenvalue weighted by atomic mass is 9.83. The van der Waals surface area contributed by atoms with E-state index in [1.54, 1.807) is 0 Å². The van der Waals surface area contributed by atoms with Gasteiger partial charge in [0.2, 0.25) is 0 Å². The molecule has 0 aromatic heterocycles. The van der Waals surface area contributed by atoms with E-state index in [-0.39, 0.29) is 39.5 Å². The van der Waals surface area contributed by atoms with Crippen molar-refractivity contribution < 1.29 is 4.74 Å². The predicted octanol–water partition coefficient (Wildman–Crippen LogP) is 4.45. The number of hydrogen-bond acceptors (Lipinski definition) is 1. The Hall–Kier alpha value is 1.73. The number of halogens is 7. The average molecular weight is 389 g/mol. The molecule has 0 aromatic carbocycles. The van der Waals surface area contributed by atoms with Crippen molar-refractivity contribution in [2.45, 2.75) is 31.7 Å². The molecule has 8 heteroatoms. The van der Waals surface area contributed by atoms with Crippen LogP contribution in [-0.2, 0) is 4.74 Å². The molecule has 1 nitrogen and oxygen atoms in total. The minimum atomic E-state index is -1.50. The summed E-state index contributed by atoms with van der Waals surface area (Å²) in [6.45, 7) is 0. The van der Waals surface area contributed by atoms with E-state index in [1.807, 2.05) is 0 Å². The average Bonchev–Trinajstić information content (AvgIpc) is 2.98. The number of epoxide rings is 1. The summed E-state index contributed by atoms with van der Waals surface area (Å²) in [5.74, 6) is -0.457. The van der Waals surface area contributed by atoms with E-state index < -0.39 is 14.1 Å². The molecule has 1 heterocycles. The van der Waals surface area contributed by atoms with Gasteiger partial charge >= 0.3 is 0 Å². The largest absolute Gasteiger partial charge is 0.368 e. The Morgan fingerprint density at radius 2 is 1.33 bits per heavy atom. The molecule has 1 unspecified atom stereocenters. The van der Waals surface area contributed by atoms with Crippen LogP contribution in [0.25, 0.3) is 0 Å². The summed E-state index contributed by atoms with van der Waals surface area (Å²) in [5, 5.41) is 0.111. The Morgan fingerprint density at radius 1 is 0.833 bits per heavy atom. The molecule has 2 saturated carbocycles. The molecule has 4 aliphatic rings. The Balaban J connectivity index is 2.01. The van der Waals surface area contributed by atoms with Gasteiger partial charge in [0, 0.05) is 11.8 Å². The summed E-state index contributed by atoms with van der Waals surface area (Å²) in [5.41, 5.74) is 0. The zero-order chi connectivity index (χ0) is 13.2. The molecule has 2 bridgehead atoms. The minimum Gasteiger partial charge on any atom is -0.368 e. The maximum Gasteiger partial charge on any atom is 0.166 e. The molecule has 100 valence electrons. The number of ether oxygens (including phenoxy) is 1. The fraction of sp³-hybridized carbons (Fsp3) is 0.800. The van der Waals surface area contributed by atoms with E-state index in [4.69, 9.17) is 85.9 Å². The number of allylic oxidation sites excluding steroid dienone is 2. The highest BCUT2D eigenvalue weighted by molar-refractivity contribution is 6.66. The van der Waals surface area contributed by atoms with E-state index in [0.717, 1.165) is 0 Å². The number of rotatable bonds is 0.